The molecule has 0 saturated heterocycles. The van der Waals surface area contributed by atoms with Gasteiger partial charge in [-0.15, -0.1) is 0 Å². The smallest absolute Gasteiger partial charge is 0.191 e. The molecule has 136 valence electrons. The summed E-state index contributed by atoms with van der Waals surface area (Å²) in [7, 11) is 1.70. The van der Waals surface area contributed by atoms with Gasteiger partial charge >= 0.3 is 0 Å². The van der Waals surface area contributed by atoms with Gasteiger partial charge in [-0.05, 0) is 24.0 Å². The summed E-state index contributed by atoms with van der Waals surface area (Å²) < 4.78 is 10.5. The van der Waals surface area contributed by atoms with Crippen LogP contribution in [0.1, 0.15) is 49.3 Å². The first-order valence-electron chi connectivity index (χ1n) is 8.66. The predicted molar refractivity (Wildman–Crippen MR) is 99.4 cm³/mol. The molecule has 0 amide bonds. The Morgan fingerprint density at radius 1 is 1.20 bits per heavy atom. The van der Waals surface area contributed by atoms with E-state index >= 15 is 0 Å². The van der Waals surface area contributed by atoms with Crippen LogP contribution in [-0.2, 0) is 24.4 Å². The Labute approximate surface area is 149 Å². The number of hydrogen-bond acceptors (Lipinski definition) is 4. The lowest BCUT2D eigenvalue weighted by atomic mass is 10.1. The Balaban J connectivity index is 1.92. The van der Waals surface area contributed by atoms with Gasteiger partial charge in [0, 0.05) is 19.7 Å². The second-order valence-electron chi connectivity index (χ2n) is 6.17. The molecule has 0 bridgehead atoms. The third-order valence-corrected chi connectivity index (χ3v) is 3.70. The molecule has 25 heavy (non-hydrogen) atoms. The van der Waals surface area contributed by atoms with Gasteiger partial charge in [0.1, 0.15) is 0 Å². The second-order valence-corrected chi connectivity index (χ2v) is 6.17. The lowest BCUT2D eigenvalue weighted by molar-refractivity contribution is 0.185. The Morgan fingerprint density at radius 2 is 1.92 bits per heavy atom. The van der Waals surface area contributed by atoms with Gasteiger partial charge in [0.2, 0.25) is 0 Å². The number of aromatic nitrogens is 1. The molecule has 0 saturated carbocycles. The first-order chi connectivity index (χ1) is 12.1. The first-order valence-corrected chi connectivity index (χ1v) is 8.66. The maximum Gasteiger partial charge on any atom is 0.191 e. The number of benzene rings is 1. The van der Waals surface area contributed by atoms with Gasteiger partial charge in [-0.3, -0.25) is 0 Å². The molecule has 2 N–H and O–H groups in total. The van der Waals surface area contributed by atoms with Crippen LogP contribution in [-0.4, -0.2) is 24.8 Å². The van der Waals surface area contributed by atoms with E-state index in [9.17, 15) is 0 Å². The molecule has 2 aromatic rings. The molecule has 6 heteroatoms. The summed E-state index contributed by atoms with van der Waals surface area (Å²) in [5.41, 5.74) is 3.28. The van der Waals surface area contributed by atoms with E-state index in [4.69, 9.17) is 9.26 Å². The molecule has 0 fully saturated rings. The van der Waals surface area contributed by atoms with E-state index in [-0.39, 0.29) is 0 Å². The van der Waals surface area contributed by atoms with E-state index in [1.165, 1.54) is 0 Å². The molecule has 1 aromatic carbocycles. The van der Waals surface area contributed by atoms with E-state index in [1.807, 2.05) is 13.0 Å². The van der Waals surface area contributed by atoms with Gasteiger partial charge in [0.15, 0.2) is 11.7 Å². The van der Waals surface area contributed by atoms with Crippen LogP contribution in [0.25, 0.3) is 0 Å². The molecule has 1 heterocycles. The highest BCUT2D eigenvalue weighted by Gasteiger charge is 2.08. The van der Waals surface area contributed by atoms with Crippen LogP contribution in [0.15, 0.2) is 39.8 Å². The summed E-state index contributed by atoms with van der Waals surface area (Å²) in [6, 6.07) is 10.3. The van der Waals surface area contributed by atoms with Crippen molar-refractivity contribution in [1.29, 1.82) is 0 Å². The van der Waals surface area contributed by atoms with Crippen molar-refractivity contribution in [2.24, 2.45) is 4.99 Å². The fraction of sp³-hybridized carbons (Fsp3) is 0.474. The van der Waals surface area contributed by atoms with Crippen molar-refractivity contribution in [2.75, 3.05) is 13.7 Å². The lowest BCUT2D eigenvalue weighted by Crippen LogP contribution is -2.36. The SMILES string of the molecule is CCNC(=NCc1ccc(COC)cc1)NCc1cc(C(C)C)no1. The number of methoxy groups -OCH3 is 1. The van der Waals surface area contributed by atoms with Crippen LogP contribution in [0.4, 0.5) is 0 Å². The average Bonchev–Trinajstić information content (AvgIpc) is 3.08. The van der Waals surface area contributed by atoms with Crippen LogP contribution in [0.5, 0.6) is 0 Å². The van der Waals surface area contributed by atoms with Crippen LogP contribution < -0.4 is 10.6 Å². The van der Waals surface area contributed by atoms with Crippen LogP contribution in [0.2, 0.25) is 0 Å². The number of guanidine groups is 1. The zero-order valence-corrected chi connectivity index (χ0v) is 15.5. The fourth-order valence-corrected chi connectivity index (χ4v) is 2.27. The van der Waals surface area contributed by atoms with E-state index in [1.54, 1.807) is 7.11 Å². The van der Waals surface area contributed by atoms with E-state index in [2.05, 4.69) is 58.9 Å². The quantitative estimate of drug-likeness (QED) is 0.568. The highest BCUT2D eigenvalue weighted by molar-refractivity contribution is 5.79. The first kappa shape index (κ1) is 19.0. The summed E-state index contributed by atoms with van der Waals surface area (Å²) in [6.07, 6.45) is 0. The number of nitrogens with zero attached hydrogens (tertiary/aromatic N) is 2. The van der Waals surface area contributed by atoms with Gasteiger partial charge < -0.3 is 19.9 Å². The Morgan fingerprint density at radius 3 is 2.52 bits per heavy atom. The largest absolute Gasteiger partial charge is 0.380 e. The van der Waals surface area contributed by atoms with Crippen LogP contribution >= 0.6 is 0 Å². The Kier molecular flexibility index (Phi) is 7.47. The normalized spacial score (nSPS) is 11.8. The third-order valence-electron chi connectivity index (χ3n) is 3.70. The number of hydrogen-bond donors (Lipinski definition) is 2. The molecule has 0 radical (unpaired) electrons. The van der Waals surface area contributed by atoms with Gasteiger partial charge in [-0.25, -0.2) is 4.99 Å². The van der Waals surface area contributed by atoms with Gasteiger partial charge in [0.05, 0.1) is 25.4 Å². The summed E-state index contributed by atoms with van der Waals surface area (Å²) in [5.74, 6) is 1.92. The fourth-order valence-electron chi connectivity index (χ4n) is 2.27. The van der Waals surface area contributed by atoms with Crippen molar-refractivity contribution in [2.45, 2.75) is 46.4 Å². The van der Waals surface area contributed by atoms with Crippen molar-refractivity contribution < 1.29 is 9.26 Å². The molecule has 0 aliphatic rings. The number of rotatable bonds is 8. The average molecular weight is 344 g/mol. The minimum Gasteiger partial charge on any atom is -0.380 e. The summed E-state index contributed by atoms with van der Waals surface area (Å²) in [5, 5.41) is 10.6. The third kappa shape index (κ3) is 6.23. The molecular weight excluding hydrogens is 316 g/mol. The molecular formula is C19H28N4O2. The predicted octanol–water partition coefficient (Wildman–Crippen LogP) is 3.20. The van der Waals surface area contributed by atoms with Crippen molar-refractivity contribution in [3.8, 4) is 0 Å². The van der Waals surface area contributed by atoms with Crippen molar-refractivity contribution in [1.82, 2.24) is 15.8 Å². The zero-order chi connectivity index (χ0) is 18.1. The Bertz CT molecular complexity index is 662. The molecule has 1 aromatic heterocycles. The number of aliphatic imine (C=N–C) groups is 1. The van der Waals surface area contributed by atoms with E-state index in [0.29, 0.717) is 25.6 Å². The molecule has 0 aliphatic carbocycles. The molecule has 0 unspecified atom stereocenters. The summed E-state index contributed by atoms with van der Waals surface area (Å²) in [4.78, 5) is 4.62. The standard InChI is InChI=1S/C19H28N4O2/c1-5-20-19(22-12-17-10-18(14(2)3)23-25-17)21-11-15-6-8-16(9-7-15)13-24-4/h6-10,14H,5,11-13H2,1-4H3,(H2,20,21,22). The highest BCUT2D eigenvalue weighted by atomic mass is 16.5. The maximum absolute atomic E-state index is 5.35. The monoisotopic (exact) mass is 344 g/mol. The molecule has 0 aliphatic heterocycles. The van der Waals surface area contributed by atoms with Gasteiger partial charge in [-0.1, -0.05) is 43.3 Å². The lowest BCUT2D eigenvalue weighted by Gasteiger charge is -2.10. The van der Waals surface area contributed by atoms with Gasteiger partial charge in [-0.2, -0.15) is 0 Å². The topological polar surface area (TPSA) is 71.7 Å². The Hall–Kier alpha value is -2.34. The number of nitrogens with one attached hydrogen (secondary N) is 2. The van der Waals surface area contributed by atoms with E-state index < -0.39 is 0 Å². The second kappa shape index (κ2) is 9.84. The molecule has 6 nitrogen and oxygen atoms in total. The van der Waals surface area contributed by atoms with Crippen molar-refractivity contribution >= 4 is 5.96 Å². The van der Waals surface area contributed by atoms with Crippen molar-refractivity contribution in [3.05, 3.63) is 52.9 Å². The number of ether oxygens (including phenoxy) is 1. The highest BCUT2D eigenvalue weighted by Crippen LogP contribution is 2.13. The molecule has 0 spiro atoms. The molecule has 0 atom stereocenters. The summed E-state index contributed by atoms with van der Waals surface area (Å²) >= 11 is 0. The van der Waals surface area contributed by atoms with E-state index in [0.717, 1.165) is 35.1 Å². The van der Waals surface area contributed by atoms with Crippen molar-refractivity contribution in [3.63, 3.8) is 0 Å². The zero-order valence-electron chi connectivity index (χ0n) is 15.5. The summed E-state index contributed by atoms with van der Waals surface area (Å²) in [6.45, 7) is 8.82. The van der Waals surface area contributed by atoms with Gasteiger partial charge in [0.25, 0.3) is 0 Å². The van der Waals surface area contributed by atoms with Crippen LogP contribution in [0.3, 0.4) is 0 Å². The van der Waals surface area contributed by atoms with Crippen LogP contribution in [0, 0.1) is 0 Å². The molecule has 2 rings (SSSR count). The minimum absolute atomic E-state index is 0.362. The minimum atomic E-state index is 0.362. The maximum atomic E-state index is 5.35.